The van der Waals surface area contributed by atoms with Crippen LogP contribution in [0, 0.1) is 0 Å². The van der Waals surface area contributed by atoms with Crippen molar-refractivity contribution in [3.05, 3.63) is 0 Å². The van der Waals surface area contributed by atoms with E-state index in [1.54, 1.807) is 8.87 Å². The minimum atomic E-state index is -5.11. The average molecular weight is 728 g/mol. The zero-order chi connectivity index (χ0) is 32.7. The van der Waals surface area contributed by atoms with Gasteiger partial charge in [-0.15, -0.1) is 0 Å². The average Bonchev–Trinajstić information content (AvgIpc) is 2.91. The van der Waals surface area contributed by atoms with Crippen LogP contribution in [0.1, 0.15) is 182 Å². The van der Waals surface area contributed by atoms with E-state index in [4.69, 9.17) is 29.4 Å². The van der Waals surface area contributed by atoms with Crippen molar-refractivity contribution in [1.29, 1.82) is 0 Å². The van der Waals surface area contributed by atoms with E-state index < -0.39 is 21.0 Å². The van der Waals surface area contributed by atoms with Gasteiger partial charge in [0, 0.05) is 12.8 Å². The van der Waals surface area contributed by atoms with Crippen LogP contribution in [0.3, 0.4) is 0 Å². The van der Waals surface area contributed by atoms with Crippen molar-refractivity contribution in [2.45, 2.75) is 191 Å². The molecule has 0 saturated heterocycles. The topological polar surface area (TPSA) is 161 Å². The second kappa shape index (κ2) is 42.9. The summed E-state index contributed by atoms with van der Waals surface area (Å²) in [5.41, 5.74) is 0. The Kier molecular flexibility index (Phi) is 49.8. The van der Waals surface area contributed by atoms with Crippen molar-refractivity contribution >= 4 is 42.1 Å². The quantitative estimate of drug-likeness (QED) is 0.0536. The molecule has 0 aliphatic heterocycles. The van der Waals surface area contributed by atoms with Gasteiger partial charge in [0.15, 0.2) is 0 Å². The van der Waals surface area contributed by atoms with Gasteiger partial charge in [0.1, 0.15) is 9.05 Å². The van der Waals surface area contributed by atoms with Gasteiger partial charge < -0.3 is 29.4 Å². The molecule has 252 valence electrons. The molecule has 0 aliphatic carbocycles. The number of carbonyl (C=O) groups is 2. The van der Waals surface area contributed by atoms with Gasteiger partial charge in [-0.25, -0.2) is 0 Å². The largest absolute Gasteiger partial charge is 0.828 e. The Labute approximate surface area is 270 Å². The molecule has 0 saturated carbocycles. The zero-order valence-corrected chi connectivity index (χ0v) is 31.7. The molecule has 0 aliphatic rings. The first-order valence-electron chi connectivity index (χ1n) is 17.0. The molecular formula is C32H68O8SiSn. The van der Waals surface area contributed by atoms with Gasteiger partial charge in [0.2, 0.25) is 0 Å². The fourth-order valence-electron chi connectivity index (χ4n) is 3.90. The number of carboxylic acid groups (broad SMARTS) is 2. The molecule has 0 aromatic heterocycles. The van der Waals surface area contributed by atoms with Crippen molar-refractivity contribution in [3.8, 4) is 0 Å². The van der Waals surface area contributed by atoms with Crippen LogP contribution < -0.4 is 9.59 Å². The van der Waals surface area contributed by atoms with Crippen molar-refractivity contribution in [2.24, 2.45) is 0 Å². The number of hydrogen-bond donors (Lipinski definition) is 4. The molecule has 0 aromatic rings. The fraction of sp³-hybridized carbons (Fsp3) is 0.938. The summed E-state index contributed by atoms with van der Waals surface area (Å²) in [5.74, 6) is -1.32. The molecule has 0 fully saturated rings. The van der Waals surface area contributed by atoms with Gasteiger partial charge in [0.05, 0.1) is 0 Å². The minimum Gasteiger partial charge on any atom is -0.828 e. The maximum atomic E-state index is 10.2. The summed E-state index contributed by atoms with van der Waals surface area (Å²) >= 11 is 0.149. The van der Waals surface area contributed by atoms with E-state index >= 15 is 0 Å². The zero-order valence-electron chi connectivity index (χ0n) is 27.8. The summed E-state index contributed by atoms with van der Waals surface area (Å²) in [7, 11) is -5.11. The molecule has 42 heavy (non-hydrogen) atoms. The monoisotopic (exact) mass is 728 g/mol. The van der Waals surface area contributed by atoms with E-state index in [-0.39, 0.29) is 21.1 Å². The van der Waals surface area contributed by atoms with Gasteiger partial charge in [0.25, 0.3) is 0 Å². The van der Waals surface area contributed by atoms with Crippen LogP contribution in [0.4, 0.5) is 0 Å². The Morgan fingerprint density at radius 1 is 0.476 bits per heavy atom. The Balaban J connectivity index is -0.000000243. The third-order valence-corrected chi connectivity index (χ3v) is 10.4. The van der Waals surface area contributed by atoms with E-state index in [1.807, 2.05) is 0 Å². The molecule has 4 N–H and O–H groups in total. The summed E-state index contributed by atoms with van der Waals surface area (Å²) in [6, 6.07) is 0. The van der Waals surface area contributed by atoms with Gasteiger partial charge in [-0.3, -0.25) is 9.59 Å². The van der Waals surface area contributed by atoms with E-state index in [0.717, 1.165) is 25.7 Å². The summed E-state index contributed by atoms with van der Waals surface area (Å²) in [5, 5.41) is 16.8. The normalized spacial score (nSPS) is 10.3. The number of hydrogen-bond acceptors (Lipinski definition) is 6. The van der Waals surface area contributed by atoms with Crippen LogP contribution in [0.5, 0.6) is 0 Å². The molecule has 0 spiro atoms. The maximum absolute atomic E-state index is 10.2. The van der Waals surface area contributed by atoms with Crippen LogP contribution in [-0.2, 0) is 9.59 Å². The summed E-state index contributed by atoms with van der Waals surface area (Å²) < 4.78 is 3.25. The first kappa shape index (κ1) is 48.7. The Hall–Kier alpha value is -0.204. The first-order chi connectivity index (χ1) is 20.0. The molecule has 0 bridgehead atoms. The van der Waals surface area contributed by atoms with Gasteiger partial charge in [-0.2, -0.15) is 0 Å². The number of carboxylic acids is 2. The van der Waals surface area contributed by atoms with Gasteiger partial charge in [-0.05, 0) is 12.8 Å². The minimum absolute atomic E-state index is 0.149. The fourth-order valence-corrected chi connectivity index (χ4v) is 8.06. The molecule has 0 radical (unpaired) electrons. The Bertz CT molecular complexity index is 475. The standard InChI is InChI=1S/2C12H24O2.2C4H9.H2O4Si.Sn/c2*1-2-3-4-5-6-7-8-9-10-11-12(13)14;2*1-3-4-2;1-5(2,3)4;/h2*2-11H2,1H3,(H,13,14);2*1,3-4H2,2H3;1-2H;/q;;;;-2;+2. The smallest absolute Gasteiger partial charge is 0.140 e. The van der Waals surface area contributed by atoms with E-state index in [1.165, 1.54) is 116 Å². The molecule has 0 amide bonds. The van der Waals surface area contributed by atoms with Gasteiger partial charge >= 0.3 is 81.5 Å². The summed E-state index contributed by atoms with van der Waals surface area (Å²) in [6.07, 6.45) is 28.8. The third-order valence-electron chi connectivity index (χ3n) is 6.40. The molecule has 10 heteroatoms. The predicted octanol–water partition coefficient (Wildman–Crippen LogP) is 7.24. The molecule has 0 aromatic carbocycles. The van der Waals surface area contributed by atoms with Crippen molar-refractivity contribution < 1.29 is 39.0 Å². The Morgan fingerprint density at radius 2 is 0.690 bits per heavy atom. The molecule has 0 atom stereocenters. The van der Waals surface area contributed by atoms with E-state index in [2.05, 4.69) is 27.7 Å². The van der Waals surface area contributed by atoms with Crippen LogP contribution >= 0.6 is 0 Å². The molecular weight excluding hydrogens is 659 g/mol. The van der Waals surface area contributed by atoms with Crippen LogP contribution in [-0.4, -0.2) is 61.9 Å². The van der Waals surface area contributed by atoms with E-state index in [9.17, 15) is 9.59 Å². The van der Waals surface area contributed by atoms with Crippen LogP contribution in [0.25, 0.3) is 0 Å². The summed E-state index contributed by atoms with van der Waals surface area (Å²) in [4.78, 5) is 52.2. The first-order valence-corrected chi connectivity index (χ1v) is 22.7. The molecule has 0 unspecified atom stereocenters. The van der Waals surface area contributed by atoms with Crippen molar-refractivity contribution in [2.75, 3.05) is 0 Å². The van der Waals surface area contributed by atoms with E-state index in [0.29, 0.717) is 12.8 Å². The second-order valence-electron chi connectivity index (χ2n) is 10.9. The molecule has 8 nitrogen and oxygen atoms in total. The Morgan fingerprint density at radius 3 is 0.905 bits per heavy atom. The number of aliphatic carboxylic acids is 2. The molecule has 0 heterocycles. The van der Waals surface area contributed by atoms with Crippen LogP contribution in [0.2, 0.25) is 8.87 Å². The predicted molar refractivity (Wildman–Crippen MR) is 174 cm³/mol. The number of rotatable bonds is 26. The summed E-state index contributed by atoms with van der Waals surface area (Å²) in [6.45, 7) is 9.04. The van der Waals surface area contributed by atoms with Gasteiger partial charge in [-0.1, -0.05) is 117 Å². The second-order valence-corrected chi connectivity index (χ2v) is 16.3. The van der Waals surface area contributed by atoms with Crippen LogP contribution in [0.15, 0.2) is 0 Å². The van der Waals surface area contributed by atoms with Crippen molar-refractivity contribution in [1.82, 2.24) is 0 Å². The third kappa shape index (κ3) is 77.5. The SMILES string of the molecule is CCCCCCCCCCCC(=O)O.CCCCCCCCCCCC(=O)O.CCC[CH2][Sn+2][CH2]CCC.[O-][Si]([O-])(O)O. The maximum Gasteiger partial charge on any atom is 0.140 e. The number of unbranched alkanes of at least 4 members (excludes halogenated alkanes) is 18. The van der Waals surface area contributed by atoms with Crippen molar-refractivity contribution in [3.63, 3.8) is 0 Å². The molecule has 0 rings (SSSR count).